The zero-order valence-corrected chi connectivity index (χ0v) is 17.1. The van der Waals surface area contributed by atoms with Crippen molar-refractivity contribution >= 4 is 34.7 Å². The maximum absolute atomic E-state index is 13.7. The van der Waals surface area contributed by atoms with Gasteiger partial charge in [-0.2, -0.15) is 13.2 Å². The van der Waals surface area contributed by atoms with E-state index in [1.54, 1.807) is 6.92 Å². The highest BCUT2D eigenvalue weighted by Crippen LogP contribution is 2.41. The molecule has 1 saturated heterocycles. The zero-order valence-electron chi connectivity index (χ0n) is 16.4. The predicted octanol–water partition coefficient (Wildman–Crippen LogP) is 4.79. The number of carbonyl (C=O) groups is 1. The van der Waals surface area contributed by atoms with Gasteiger partial charge in [0.2, 0.25) is 0 Å². The van der Waals surface area contributed by atoms with Gasteiger partial charge < -0.3 is 16.0 Å². The van der Waals surface area contributed by atoms with Crippen molar-refractivity contribution in [3.63, 3.8) is 0 Å². The lowest BCUT2D eigenvalue weighted by molar-refractivity contribution is -0.137. The van der Waals surface area contributed by atoms with Gasteiger partial charge in [0.1, 0.15) is 0 Å². The Kier molecular flexibility index (Phi) is 6.26. The van der Waals surface area contributed by atoms with Crippen LogP contribution >= 0.6 is 11.6 Å². The van der Waals surface area contributed by atoms with E-state index >= 15 is 0 Å². The number of nitrogens with zero attached hydrogens (tertiary/aromatic N) is 3. The van der Waals surface area contributed by atoms with Crippen LogP contribution in [0.15, 0.2) is 18.2 Å². The molecule has 2 aromatic rings. The molecule has 1 aromatic carbocycles. The maximum Gasteiger partial charge on any atom is 0.418 e. The van der Waals surface area contributed by atoms with Gasteiger partial charge in [-0.15, -0.1) is 0 Å². The second kappa shape index (κ2) is 8.45. The number of nitrogens with two attached hydrogens (primary N) is 1. The first kappa shape index (κ1) is 23.0. The Bertz CT molecular complexity index is 988. The Labute approximate surface area is 179 Å². The molecule has 3 N–H and O–H groups in total. The van der Waals surface area contributed by atoms with Crippen LogP contribution in [0.5, 0.6) is 0 Å². The molecule has 0 saturated carbocycles. The average molecular weight is 464 g/mol. The number of alkyl halides is 5. The molecular formula is C19H19ClF5N5O. The average Bonchev–Trinajstić information content (AvgIpc) is 2.67. The lowest BCUT2D eigenvalue weighted by atomic mass is 10.0. The van der Waals surface area contributed by atoms with Crippen LogP contribution < -0.4 is 16.0 Å². The topological polar surface area (TPSA) is 84.1 Å². The number of amides is 1. The van der Waals surface area contributed by atoms with E-state index in [9.17, 15) is 26.7 Å². The molecule has 0 aliphatic carbocycles. The molecule has 1 aromatic heterocycles. The largest absolute Gasteiger partial charge is 0.418 e. The summed E-state index contributed by atoms with van der Waals surface area (Å²) in [6, 6.07) is 3.33. The van der Waals surface area contributed by atoms with Crippen molar-refractivity contribution < 1.29 is 26.7 Å². The Morgan fingerprint density at radius 2 is 1.90 bits per heavy atom. The van der Waals surface area contributed by atoms with E-state index in [4.69, 9.17) is 17.3 Å². The van der Waals surface area contributed by atoms with Crippen molar-refractivity contribution in [3.05, 3.63) is 40.3 Å². The van der Waals surface area contributed by atoms with Crippen LogP contribution in [0.1, 0.15) is 41.5 Å². The van der Waals surface area contributed by atoms with Crippen LogP contribution in [0.3, 0.4) is 0 Å². The summed E-state index contributed by atoms with van der Waals surface area (Å²) in [6.45, 7) is 1.33. The van der Waals surface area contributed by atoms with Crippen LogP contribution in [0.25, 0.3) is 0 Å². The van der Waals surface area contributed by atoms with Gasteiger partial charge in [-0.3, -0.25) is 4.79 Å². The lowest BCUT2D eigenvalue weighted by Crippen LogP contribution is -2.40. The van der Waals surface area contributed by atoms with E-state index in [2.05, 4.69) is 15.3 Å². The SMILES string of the molecule is CCc1nc(C(N)=O)c(Nc2ccc(N3CCC(F)(F)CC3)c(C(F)(F)F)c2)nc1Cl. The molecule has 12 heteroatoms. The first-order chi connectivity index (χ1) is 14.4. The van der Waals surface area contributed by atoms with Gasteiger partial charge in [-0.25, -0.2) is 18.7 Å². The molecule has 0 atom stereocenters. The fourth-order valence-corrected chi connectivity index (χ4v) is 3.52. The number of rotatable bonds is 5. The highest BCUT2D eigenvalue weighted by molar-refractivity contribution is 6.30. The predicted molar refractivity (Wildman–Crippen MR) is 106 cm³/mol. The third-order valence-electron chi connectivity index (χ3n) is 4.89. The molecule has 0 bridgehead atoms. The van der Waals surface area contributed by atoms with Crippen molar-refractivity contribution in [2.45, 2.75) is 38.3 Å². The van der Waals surface area contributed by atoms with Crippen molar-refractivity contribution in [1.82, 2.24) is 9.97 Å². The van der Waals surface area contributed by atoms with Crippen molar-refractivity contribution in [1.29, 1.82) is 0 Å². The van der Waals surface area contributed by atoms with E-state index in [-0.39, 0.29) is 41.1 Å². The van der Waals surface area contributed by atoms with E-state index in [1.807, 2.05) is 0 Å². The van der Waals surface area contributed by atoms with Crippen molar-refractivity contribution in [2.75, 3.05) is 23.3 Å². The van der Waals surface area contributed by atoms with Crippen molar-refractivity contribution in [3.8, 4) is 0 Å². The fourth-order valence-electron chi connectivity index (χ4n) is 3.26. The molecular weight excluding hydrogens is 445 g/mol. The second-order valence-electron chi connectivity index (χ2n) is 7.07. The molecule has 1 aliphatic rings. The summed E-state index contributed by atoms with van der Waals surface area (Å²) in [4.78, 5) is 21.0. The highest BCUT2D eigenvalue weighted by atomic mass is 35.5. The van der Waals surface area contributed by atoms with Crippen LogP contribution in [0.2, 0.25) is 5.15 Å². The zero-order chi connectivity index (χ0) is 23.0. The smallest absolute Gasteiger partial charge is 0.371 e. The number of carbonyl (C=O) groups excluding carboxylic acids is 1. The number of anilines is 3. The van der Waals surface area contributed by atoms with E-state index in [0.29, 0.717) is 12.1 Å². The number of aromatic nitrogens is 2. The number of hydrogen-bond donors (Lipinski definition) is 2. The van der Waals surface area contributed by atoms with E-state index in [0.717, 1.165) is 6.07 Å². The number of primary amides is 1. The number of halogens is 6. The first-order valence-corrected chi connectivity index (χ1v) is 9.76. The molecule has 1 amide bonds. The number of hydrogen-bond acceptors (Lipinski definition) is 5. The standard InChI is InChI=1S/C19H19ClF5N5O/c1-2-12-15(20)29-17(14(28-12)16(26)31)27-10-3-4-13(11(9-10)19(23,24)25)30-7-5-18(21,22)6-8-30/h3-4,9H,2,5-8H2,1H3,(H2,26,31)(H,27,29). The summed E-state index contributed by atoms with van der Waals surface area (Å²) in [7, 11) is 0. The molecule has 1 fully saturated rings. The minimum Gasteiger partial charge on any atom is -0.371 e. The normalized spacial score (nSPS) is 16.3. The molecule has 2 heterocycles. The van der Waals surface area contributed by atoms with Gasteiger partial charge in [0.05, 0.1) is 11.3 Å². The van der Waals surface area contributed by atoms with Gasteiger partial charge in [-0.1, -0.05) is 18.5 Å². The van der Waals surface area contributed by atoms with Gasteiger partial charge in [0.15, 0.2) is 16.7 Å². The number of aryl methyl sites for hydroxylation is 1. The summed E-state index contributed by atoms with van der Waals surface area (Å²) >= 11 is 6.01. The third-order valence-corrected chi connectivity index (χ3v) is 5.19. The minimum atomic E-state index is -4.74. The summed E-state index contributed by atoms with van der Waals surface area (Å²) in [5, 5.41) is 2.59. The molecule has 0 unspecified atom stereocenters. The van der Waals surface area contributed by atoms with Crippen molar-refractivity contribution in [2.24, 2.45) is 5.73 Å². The molecule has 6 nitrogen and oxygen atoms in total. The number of benzene rings is 1. The second-order valence-corrected chi connectivity index (χ2v) is 7.43. The van der Waals surface area contributed by atoms with E-state index in [1.165, 1.54) is 17.0 Å². The first-order valence-electron chi connectivity index (χ1n) is 9.38. The number of piperidine rings is 1. The quantitative estimate of drug-likeness (QED) is 0.623. The monoisotopic (exact) mass is 463 g/mol. The Morgan fingerprint density at radius 1 is 1.26 bits per heavy atom. The van der Waals surface area contributed by atoms with Gasteiger partial charge in [0.25, 0.3) is 11.8 Å². The van der Waals surface area contributed by atoms with Crippen LogP contribution in [-0.2, 0) is 12.6 Å². The maximum atomic E-state index is 13.7. The van der Waals surface area contributed by atoms with Gasteiger partial charge in [-0.05, 0) is 24.6 Å². The lowest BCUT2D eigenvalue weighted by Gasteiger charge is -2.35. The minimum absolute atomic E-state index is 0.0168. The van der Waals surface area contributed by atoms with Gasteiger partial charge >= 0.3 is 6.18 Å². The summed E-state index contributed by atoms with van der Waals surface area (Å²) < 4.78 is 68.0. The Hall–Kier alpha value is -2.69. The third kappa shape index (κ3) is 5.15. The fraction of sp³-hybridized carbons (Fsp3) is 0.421. The molecule has 0 radical (unpaired) electrons. The molecule has 31 heavy (non-hydrogen) atoms. The summed E-state index contributed by atoms with van der Waals surface area (Å²) in [6.07, 6.45) is -5.42. The summed E-state index contributed by atoms with van der Waals surface area (Å²) in [5.74, 6) is -4.00. The van der Waals surface area contributed by atoms with Crippen LogP contribution in [0, 0.1) is 0 Å². The van der Waals surface area contributed by atoms with E-state index < -0.39 is 36.4 Å². The summed E-state index contributed by atoms with van der Waals surface area (Å²) in [5.41, 5.74) is 4.11. The highest BCUT2D eigenvalue weighted by Gasteiger charge is 2.39. The Morgan fingerprint density at radius 3 is 2.45 bits per heavy atom. The Balaban J connectivity index is 1.97. The van der Waals surface area contributed by atoms with Crippen LogP contribution in [0.4, 0.5) is 39.1 Å². The van der Waals surface area contributed by atoms with Crippen LogP contribution in [-0.4, -0.2) is 34.9 Å². The molecule has 0 spiro atoms. The molecule has 1 aliphatic heterocycles. The molecule has 3 rings (SSSR count). The number of nitrogens with one attached hydrogen (secondary N) is 1. The molecule has 168 valence electrons. The van der Waals surface area contributed by atoms with Gasteiger partial charge in [0, 0.05) is 37.3 Å².